The number of carbonyl (C=O) groups is 3. The number of aliphatic hydroxyl groups excluding tert-OH is 2. The second-order valence-corrected chi connectivity index (χ2v) is 11.4. The largest absolute Gasteiger partial charge is 0.457 e. The molecule has 1 aromatic rings. The number of hydrogen-bond donors (Lipinski definition) is 2. The van der Waals surface area contributed by atoms with Gasteiger partial charge in [-0.25, -0.2) is 4.98 Å². The Bertz CT molecular complexity index is 992. The summed E-state index contributed by atoms with van der Waals surface area (Å²) < 4.78 is 5.73. The summed E-state index contributed by atoms with van der Waals surface area (Å²) in [6, 6.07) is 0. The van der Waals surface area contributed by atoms with Gasteiger partial charge in [-0.05, 0) is 50.3 Å². The van der Waals surface area contributed by atoms with E-state index in [1.54, 1.807) is 33.8 Å². The highest BCUT2D eigenvalue weighted by atomic mass is 32.1. The van der Waals surface area contributed by atoms with Crippen LogP contribution >= 0.6 is 11.3 Å². The third-order valence-electron chi connectivity index (χ3n) is 7.04. The fraction of sp³-hybridized carbons (Fsp3) is 0.630. The van der Waals surface area contributed by atoms with E-state index in [9.17, 15) is 24.6 Å². The van der Waals surface area contributed by atoms with Crippen molar-refractivity contribution in [2.75, 3.05) is 0 Å². The van der Waals surface area contributed by atoms with Crippen LogP contribution in [0.2, 0.25) is 0 Å². The van der Waals surface area contributed by atoms with Gasteiger partial charge in [0.25, 0.3) is 0 Å². The molecule has 0 radical (unpaired) electrons. The molecule has 2 rings (SSSR count). The second-order valence-electron chi connectivity index (χ2n) is 10.3. The maximum Gasteiger partial charge on any atom is 0.309 e. The molecule has 2 N–H and O–H groups in total. The smallest absolute Gasteiger partial charge is 0.309 e. The lowest BCUT2D eigenvalue weighted by Gasteiger charge is -2.34. The van der Waals surface area contributed by atoms with Crippen molar-refractivity contribution in [2.45, 2.75) is 92.5 Å². The minimum atomic E-state index is -1.27. The van der Waals surface area contributed by atoms with Gasteiger partial charge in [-0.2, -0.15) is 0 Å². The summed E-state index contributed by atoms with van der Waals surface area (Å²) >= 11 is 1.52. The first-order valence-corrected chi connectivity index (χ1v) is 13.0. The zero-order chi connectivity index (χ0) is 26.5. The minimum absolute atomic E-state index is 0.0484. The van der Waals surface area contributed by atoms with Gasteiger partial charge in [-0.3, -0.25) is 14.4 Å². The summed E-state index contributed by atoms with van der Waals surface area (Å²) in [6.45, 7) is 12.1. The molecule has 1 aliphatic rings. The van der Waals surface area contributed by atoms with Crippen LogP contribution in [-0.2, 0) is 19.1 Å². The summed E-state index contributed by atoms with van der Waals surface area (Å²) in [5.74, 6) is -2.07. The van der Waals surface area contributed by atoms with Crippen molar-refractivity contribution in [2.24, 2.45) is 17.3 Å². The molecule has 1 aromatic heterocycles. The average Bonchev–Trinajstić information content (AvgIpc) is 3.21. The summed E-state index contributed by atoms with van der Waals surface area (Å²) in [5, 5.41) is 24.4. The number of aryl methyl sites for hydroxylation is 1. The third-order valence-corrected chi connectivity index (χ3v) is 7.83. The highest BCUT2D eigenvalue weighted by Gasteiger charge is 2.42. The van der Waals surface area contributed by atoms with Crippen molar-refractivity contribution >= 4 is 34.9 Å². The van der Waals surface area contributed by atoms with E-state index >= 15 is 0 Å². The molecule has 5 atom stereocenters. The Kier molecular flexibility index (Phi) is 10.1. The van der Waals surface area contributed by atoms with Gasteiger partial charge in [0, 0.05) is 24.1 Å². The monoisotopic (exact) mass is 505 g/mol. The average molecular weight is 506 g/mol. The molecule has 8 heteroatoms. The molecule has 0 saturated carbocycles. The normalized spacial score (nSPS) is 31.6. The van der Waals surface area contributed by atoms with Gasteiger partial charge < -0.3 is 14.9 Å². The molecule has 0 spiro atoms. The van der Waals surface area contributed by atoms with E-state index < -0.39 is 35.6 Å². The highest BCUT2D eigenvalue weighted by Crippen LogP contribution is 2.32. The quantitative estimate of drug-likeness (QED) is 0.571. The Morgan fingerprint density at radius 1 is 1.20 bits per heavy atom. The van der Waals surface area contributed by atoms with E-state index in [1.165, 1.54) is 11.3 Å². The van der Waals surface area contributed by atoms with Crippen LogP contribution in [0.25, 0.3) is 6.08 Å². The van der Waals surface area contributed by atoms with Crippen molar-refractivity contribution in [3.05, 3.63) is 33.3 Å². The molecular weight excluding hydrogens is 466 g/mol. The highest BCUT2D eigenvalue weighted by molar-refractivity contribution is 7.09. The summed E-state index contributed by atoms with van der Waals surface area (Å²) in [6.07, 6.45) is 1.34. The summed E-state index contributed by atoms with van der Waals surface area (Å²) in [4.78, 5) is 43.1. The van der Waals surface area contributed by atoms with Crippen molar-refractivity contribution in [3.8, 4) is 0 Å². The van der Waals surface area contributed by atoms with Crippen molar-refractivity contribution in [3.63, 3.8) is 0 Å². The van der Waals surface area contributed by atoms with Gasteiger partial charge in [-0.15, -0.1) is 11.3 Å². The number of rotatable bonds is 2. The predicted octanol–water partition coefficient (Wildman–Crippen LogP) is 4.45. The fourth-order valence-corrected chi connectivity index (χ4v) is 4.81. The number of aromatic nitrogens is 1. The maximum absolute atomic E-state index is 13.2. The van der Waals surface area contributed by atoms with Crippen LogP contribution in [0.1, 0.15) is 77.9 Å². The zero-order valence-electron chi connectivity index (χ0n) is 21.8. The van der Waals surface area contributed by atoms with Crippen LogP contribution in [0.5, 0.6) is 0 Å². The molecule has 35 heavy (non-hydrogen) atoms. The molecule has 1 unspecified atom stereocenters. The van der Waals surface area contributed by atoms with Crippen LogP contribution in [0.3, 0.4) is 0 Å². The Labute approximate surface area is 212 Å². The van der Waals surface area contributed by atoms with Crippen LogP contribution in [-0.4, -0.2) is 51.0 Å². The molecule has 0 amide bonds. The second kappa shape index (κ2) is 12.2. The maximum atomic E-state index is 13.2. The lowest BCUT2D eigenvalue weighted by Crippen LogP contribution is -2.45. The number of ether oxygens (including phenoxy) is 1. The Morgan fingerprint density at radius 2 is 1.86 bits per heavy atom. The zero-order valence-corrected chi connectivity index (χ0v) is 22.6. The lowest BCUT2D eigenvalue weighted by molar-refractivity contribution is -0.154. The standard InChI is InChI=1S/C27H39NO6S/c1-15-9-11-22(17(3)12-20-14-35-19(5)28-20)34-24(31)13-23(30)27(6,7)26(33)18(4)25(32)16(2)8-10-21(15)29/h9,12,14,16,18,22-23,25,30,32H,8,10-11,13H2,1-7H3/b15-9-,17-12+/t16?,18-,22+,23+,25+/m1/s1. The fourth-order valence-electron chi connectivity index (χ4n) is 4.24. The number of esters is 1. The number of nitrogens with zero attached hydrogens (tertiary/aromatic N) is 1. The summed E-state index contributed by atoms with van der Waals surface area (Å²) in [5.41, 5.74) is 0.818. The Hall–Kier alpha value is -2.16. The molecule has 0 aromatic carbocycles. The van der Waals surface area contributed by atoms with Gasteiger partial charge in [0.05, 0.1) is 34.7 Å². The molecule has 1 aliphatic heterocycles. The number of carbonyl (C=O) groups excluding carboxylic acids is 3. The van der Waals surface area contributed by atoms with Crippen LogP contribution in [0.15, 0.2) is 22.6 Å². The Morgan fingerprint density at radius 3 is 2.46 bits per heavy atom. The molecule has 0 fully saturated rings. The molecule has 2 heterocycles. The molecular formula is C27H39NO6S. The SMILES string of the molecule is C/C1=C/C[C@@H](/C(C)=C/c2csc(C)n2)OC(=O)C[C@H](O)C(C)(C)C(=O)[C@H](C)[C@@H](O)C(C)CCC1=O. The van der Waals surface area contributed by atoms with E-state index in [1.807, 2.05) is 32.2 Å². The third kappa shape index (κ3) is 7.66. The molecule has 194 valence electrons. The van der Waals surface area contributed by atoms with E-state index in [0.29, 0.717) is 18.4 Å². The minimum Gasteiger partial charge on any atom is -0.457 e. The topological polar surface area (TPSA) is 114 Å². The Balaban J connectivity index is 2.39. The van der Waals surface area contributed by atoms with Gasteiger partial charge in [0.2, 0.25) is 0 Å². The van der Waals surface area contributed by atoms with Gasteiger partial charge >= 0.3 is 5.97 Å². The van der Waals surface area contributed by atoms with E-state index in [2.05, 4.69) is 4.98 Å². The molecule has 0 saturated heterocycles. The van der Waals surface area contributed by atoms with Crippen LogP contribution in [0.4, 0.5) is 0 Å². The van der Waals surface area contributed by atoms with E-state index in [0.717, 1.165) is 16.3 Å². The van der Waals surface area contributed by atoms with Crippen molar-refractivity contribution < 1.29 is 29.3 Å². The number of Topliss-reactive ketones (excluding diaryl/α,β-unsaturated/α-hetero) is 2. The first-order valence-electron chi connectivity index (χ1n) is 12.1. The van der Waals surface area contributed by atoms with Gasteiger partial charge in [0.15, 0.2) is 5.78 Å². The molecule has 7 nitrogen and oxygen atoms in total. The number of allylic oxidation sites excluding steroid dienone is 1. The van der Waals surface area contributed by atoms with E-state index in [4.69, 9.17) is 4.74 Å². The lowest BCUT2D eigenvalue weighted by atomic mass is 9.73. The molecule has 0 aliphatic carbocycles. The van der Waals surface area contributed by atoms with Crippen LogP contribution in [0, 0.1) is 24.2 Å². The predicted molar refractivity (Wildman–Crippen MR) is 137 cm³/mol. The molecule has 0 bridgehead atoms. The van der Waals surface area contributed by atoms with Gasteiger partial charge in [0.1, 0.15) is 11.9 Å². The summed E-state index contributed by atoms with van der Waals surface area (Å²) in [7, 11) is 0. The number of cyclic esters (lactones) is 1. The number of hydrogen-bond acceptors (Lipinski definition) is 8. The number of ketones is 2. The van der Waals surface area contributed by atoms with Gasteiger partial charge in [-0.1, -0.05) is 33.8 Å². The van der Waals surface area contributed by atoms with Crippen molar-refractivity contribution in [1.29, 1.82) is 0 Å². The number of aliphatic hydroxyl groups is 2. The first-order chi connectivity index (χ1) is 16.2. The first kappa shape index (κ1) is 29.1. The van der Waals surface area contributed by atoms with E-state index in [-0.39, 0.29) is 30.3 Å². The van der Waals surface area contributed by atoms with Crippen LogP contribution < -0.4 is 0 Å². The number of thiazole rings is 1. The van der Waals surface area contributed by atoms with Crippen molar-refractivity contribution in [1.82, 2.24) is 4.98 Å².